The zero-order valence-electron chi connectivity index (χ0n) is 9.67. The van der Waals surface area contributed by atoms with E-state index in [1.807, 2.05) is 0 Å². The van der Waals surface area contributed by atoms with Crippen LogP contribution in [0.3, 0.4) is 0 Å². The average molecular weight is 257 g/mol. The molecular weight excluding hydrogens is 242 g/mol. The molecule has 0 aliphatic carbocycles. The maximum atomic E-state index is 11.8. The normalized spacial score (nSPS) is 10.6. The number of carboxylic acids is 1. The summed E-state index contributed by atoms with van der Waals surface area (Å²) >= 11 is 0. The number of carboxylic acid groups (broad SMARTS) is 1. The molecule has 0 aromatic rings. The number of nitrogens with zero attached hydrogens (tertiary/aromatic N) is 2. The van der Waals surface area contributed by atoms with Gasteiger partial charge in [0.15, 0.2) is 0 Å². The quantitative estimate of drug-likeness (QED) is 0.288. The van der Waals surface area contributed by atoms with E-state index in [-0.39, 0.29) is 31.9 Å². The molecule has 8 nitrogen and oxygen atoms in total. The first-order valence-electron chi connectivity index (χ1n) is 5.13. The van der Waals surface area contributed by atoms with Gasteiger partial charge in [-0.05, 0) is 0 Å². The highest BCUT2D eigenvalue weighted by Crippen LogP contribution is 2.00. The number of hydrogen-bond donors (Lipinski definition) is 4. The predicted octanol–water partition coefficient (Wildman–Crippen LogP) is -2.12. The minimum Gasteiger partial charge on any atom is -0.480 e. The Labute approximate surface area is 104 Å². The van der Waals surface area contributed by atoms with Crippen molar-refractivity contribution < 1.29 is 24.9 Å². The van der Waals surface area contributed by atoms with Crippen LogP contribution in [0.4, 0.5) is 0 Å². The first-order chi connectivity index (χ1) is 8.56. The second-order valence-electron chi connectivity index (χ2n) is 3.18. The van der Waals surface area contributed by atoms with Crippen LogP contribution in [-0.4, -0.2) is 64.9 Å². The van der Waals surface area contributed by atoms with Crippen molar-refractivity contribution in [2.75, 3.05) is 32.8 Å². The molecule has 0 spiro atoms. The SMILES string of the molecule is N#C/C(=C/NCC(=O)O)C(=O)N(CCO)CCO. The molecule has 8 heteroatoms. The van der Waals surface area contributed by atoms with Gasteiger partial charge in [-0.3, -0.25) is 9.59 Å². The van der Waals surface area contributed by atoms with Crippen molar-refractivity contribution in [3.63, 3.8) is 0 Å². The second-order valence-corrected chi connectivity index (χ2v) is 3.18. The Balaban J connectivity index is 4.66. The highest BCUT2D eigenvalue weighted by molar-refractivity contribution is 5.97. The average Bonchev–Trinajstić information content (AvgIpc) is 2.33. The molecule has 0 unspecified atom stereocenters. The third-order valence-electron chi connectivity index (χ3n) is 1.88. The molecule has 0 saturated carbocycles. The minimum absolute atomic E-state index is 0.0165. The number of carbonyl (C=O) groups excluding carboxylic acids is 1. The van der Waals surface area contributed by atoms with E-state index in [4.69, 9.17) is 20.6 Å². The number of amides is 1. The highest BCUT2D eigenvalue weighted by Gasteiger charge is 2.17. The number of rotatable bonds is 8. The lowest BCUT2D eigenvalue weighted by atomic mass is 10.2. The van der Waals surface area contributed by atoms with Crippen molar-refractivity contribution >= 4 is 11.9 Å². The predicted molar refractivity (Wildman–Crippen MR) is 60.1 cm³/mol. The number of aliphatic hydroxyl groups is 2. The standard InChI is InChI=1S/C10H15N3O5/c11-5-8(6-12-7-9(16)17)10(18)13(1-3-14)2-4-15/h6,12,14-15H,1-4,7H2,(H,16,17)/b8-6-. The van der Waals surface area contributed by atoms with Gasteiger partial charge in [-0.1, -0.05) is 0 Å². The number of aliphatic hydroxyl groups excluding tert-OH is 2. The molecule has 0 saturated heterocycles. The van der Waals surface area contributed by atoms with Crippen molar-refractivity contribution in [1.29, 1.82) is 5.26 Å². The van der Waals surface area contributed by atoms with Crippen LogP contribution in [0.2, 0.25) is 0 Å². The Bertz CT molecular complexity index is 355. The van der Waals surface area contributed by atoms with Gasteiger partial charge in [0, 0.05) is 19.3 Å². The molecule has 0 aromatic carbocycles. The lowest BCUT2D eigenvalue weighted by molar-refractivity contribution is -0.135. The fourth-order valence-electron chi connectivity index (χ4n) is 1.11. The van der Waals surface area contributed by atoms with Gasteiger partial charge in [-0.15, -0.1) is 0 Å². The minimum atomic E-state index is -1.13. The van der Waals surface area contributed by atoms with E-state index >= 15 is 0 Å². The van der Waals surface area contributed by atoms with Crippen molar-refractivity contribution in [3.8, 4) is 6.07 Å². The molecule has 18 heavy (non-hydrogen) atoms. The van der Waals surface area contributed by atoms with Crippen LogP contribution >= 0.6 is 0 Å². The van der Waals surface area contributed by atoms with Crippen LogP contribution in [0.25, 0.3) is 0 Å². The summed E-state index contributed by atoms with van der Waals surface area (Å²) in [4.78, 5) is 23.1. The third-order valence-corrected chi connectivity index (χ3v) is 1.88. The van der Waals surface area contributed by atoms with Crippen LogP contribution in [0.5, 0.6) is 0 Å². The lowest BCUT2D eigenvalue weighted by Gasteiger charge is -2.19. The summed E-state index contributed by atoms with van der Waals surface area (Å²) in [5.74, 6) is -1.81. The first-order valence-corrected chi connectivity index (χ1v) is 5.13. The Morgan fingerprint density at radius 1 is 1.28 bits per heavy atom. The van der Waals surface area contributed by atoms with Crippen molar-refractivity contribution in [1.82, 2.24) is 10.2 Å². The van der Waals surface area contributed by atoms with Crippen molar-refractivity contribution in [2.45, 2.75) is 0 Å². The van der Waals surface area contributed by atoms with Crippen LogP contribution in [0.1, 0.15) is 0 Å². The summed E-state index contributed by atoms with van der Waals surface area (Å²) in [5.41, 5.74) is -0.293. The maximum Gasteiger partial charge on any atom is 0.322 e. The molecule has 0 fully saturated rings. The zero-order valence-corrected chi connectivity index (χ0v) is 9.67. The van der Waals surface area contributed by atoms with Gasteiger partial charge < -0.3 is 25.5 Å². The molecule has 0 heterocycles. The van der Waals surface area contributed by atoms with E-state index in [9.17, 15) is 9.59 Å². The molecule has 4 N–H and O–H groups in total. The lowest BCUT2D eigenvalue weighted by Crippen LogP contribution is -2.37. The van der Waals surface area contributed by atoms with Gasteiger partial charge in [0.05, 0.1) is 13.2 Å². The van der Waals surface area contributed by atoms with Gasteiger partial charge >= 0.3 is 5.97 Å². The molecule has 0 aliphatic rings. The van der Waals surface area contributed by atoms with Crippen molar-refractivity contribution in [3.05, 3.63) is 11.8 Å². The molecule has 0 radical (unpaired) electrons. The monoisotopic (exact) mass is 257 g/mol. The van der Waals surface area contributed by atoms with Gasteiger partial charge in [0.2, 0.25) is 0 Å². The molecular formula is C10H15N3O5. The molecule has 1 amide bonds. The number of carbonyl (C=O) groups is 2. The van der Waals surface area contributed by atoms with E-state index in [1.165, 1.54) is 0 Å². The largest absolute Gasteiger partial charge is 0.480 e. The number of hydrogen-bond acceptors (Lipinski definition) is 6. The summed E-state index contributed by atoms with van der Waals surface area (Å²) in [6, 6.07) is 1.62. The van der Waals surface area contributed by atoms with Crippen LogP contribution in [-0.2, 0) is 9.59 Å². The third kappa shape index (κ3) is 5.83. The molecule has 0 aromatic heterocycles. The Morgan fingerprint density at radius 2 is 1.83 bits per heavy atom. The number of nitriles is 1. The molecule has 0 atom stereocenters. The maximum absolute atomic E-state index is 11.8. The fraction of sp³-hybridized carbons (Fsp3) is 0.500. The summed E-state index contributed by atoms with van der Waals surface area (Å²) in [7, 11) is 0. The zero-order chi connectivity index (χ0) is 14.0. The smallest absolute Gasteiger partial charge is 0.322 e. The van der Waals surface area contributed by atoms with E-state index in [0.717, 1.165) is 11.1 Å². The molecule has 0 aliphatic heterocycles. The van der Waals surface area contributed by atoms with Gasteiger partial charge in [-0.2, -0.15) is 5.26 Å². The molecule has 0 rings (SSSR count). The summed E-state index contributed by atoms with van der Waals surface area (Å²) in [5, 5.41) is 36.9. The fourth-order valence-corrected chi connectivity index (χ4v) is 1.11. The van der Waals surface area contributed by atoms with Gasteiger partial charge in [0.25, 0.3) is 5.91 Å². The first kappa shape index (κ1) is 15.9. The summed E-state index contributed by atoms with van der Waals surface area (Å²) in [6.45, 7) is -1.05. The van der Waals surface area contributed by atoms with Crippen molar-refractivity contribution in [2.24, 2.45) is 0 Å². The highest BCUT2D eigenvalue weighted by atomic mass is 16.4. The number of nitrogens with one attached hydrogen (secondary N) is 1. The van der Waals surface area contributed by atoms with Gasteiger partial charge in [0.1, 0.15) is 18.2 Å². The summed E-state index contributed by atoms with van der Waals surface area (Å²) in [6.07, 6.45) is 0.998. The van der Waals surface area contributed by atoms with E-state index < -0.39 is 18.4 Å². The second kappa shape index (κ2) is 8.98. The van der Waals surface area contributed by atoms with Crippen LogP contribution in [0.15, 0.2) is 11.8 Å². The Kier molecular flexibility index (Phi) is 7.92. The number of aliphatic carboxylic acids is 1. The summed E-state index contributed by atoms with van der Waals surface area (Å²) < 4.78 is 0. The molecule has 100 valence electrons. The van der Waals surface area contributed by atoms with Gasteiger partial charge in [-0.25, -0.2) is 0 Å². The topological polar surface area (TPSA) is 134 Å². The van der Waals surface area contributed by atoms with Crippen LogP contribution in [0, 0.1) is 11.3 Å². The van der Waals surface area contributed by atoms with E-state index in [1.54, 1.807) is 6.07 Å². The van der Waals surface area contributed by atoms with E-state index in [2.05, 4.69) is 5.32 Å². The van der Waals surface area contributed by atoms with Crippen LogP contribution < -0.4 is 5.32 Å². The van der Waals surface area contributed by atoms with E-state index in [0.29, 0.717) is 0 Å². The molecule has 0 bridgehead atoms. The Morgan fingerprint density at radius 3 is 2.22 bits per heavy atom. The Hall–Kier alpha value is -2.11.